The molecule has 0 aromatic heterocycles. The molecule has 0 bridgehead atoms. The fraction of sp³-hybridized carbons (Fsp3) is 0.333. The van der Waals surface area contributed by atoms with Gasteiger partial charge in [0.15, 0.2) is 0 Å². The minimum Gasteiger partial charge on any atom is -0.296 e. The Morgan fingerprint density at radius 2 is 1.81 bits per heavy atom. The van der Waals surface area contributed by atoms with Crippen LogP contribution in [0.4, 0.5) is 0 Å². The molecule has 0 saturated carbocycles. The van der Waals surface area contributed by atoms with Crippen LogP contribution in [0.1, 0.15) is 25.3 Å². The fourth-order valence-corrected chi connectivity index (χ4v) is 1.40. The Labute approximate surface area is 99.8 Å². The molecule has 86 valence electrons. The molecule has 0 unspecified atom stereocenters. The number of halogens is 1. The molecule has 0 spiro atoms. The molecule has 0 heterocycles. The first-order valence-electron chi connectivity index (χ1n) is 5.19. The second-order valence-corrected chi connectivity index (χ2v) is 3.96. The Kier molecular flexibility index (Phi) is 4.99. The van der Waals surface area contributed by atoms with Crippen molar-refractivity contribution < 1.29 is 9.59 Å². The quantitative estimate of drug-likeness (QED) is 0.877. The van der Waals surface area contributed by atoms with Crippen LogP contribution >= 0.6 is 11.6 Å². The van der Waals surface area contributed by atoms with E-state index in [-0.39, 0.29) is 18.2 Å². The number of carbonyl (C=O) groups is 2. The van der Waals surface area contributed by atoms with Crippen LogP contribution in [0.25, 0.3) is 0 Å². The average molecular weight is 240 g/mol. The minimum atomic E-state index is -0.277. The molecular formula is C12H14ClNO2. The van der Waals surface area contributed by atoms with Gasteiger partial charge in [-0.3, -0.25) is 14.9 Å². The van der Waals surface area contributed by atoms with Gasteiger partial charge >= 0.3 is 0 Å². The molecule has 0 radical (unpaired) electrons. The highest BCUT2D eigenvalue weighted by molar-refractivity contribution is 6.30. The Hall–Kier alpha value is -1.35. The fourth-order valence-electron chi connectivity index (χ4n) is 1.28. The van der Waals surface area contributed by atoms with Gasteiger partial charge in [-0.15, -0.1) is 0 Å². The summed E-state index contributed by atoms with van der Waals surface area (Å²) in [6.07, 6.45) is 1.32. The van der Waals surface area contributed by atoms with E-state index in [1.807, 2.05) is 6.92 Å². The van der Waals surface area contributed by atoms with Crippen LogP contribution in [0.2, 0.25) is 5.02 Å². The zero-order valence-electron chi connectivity index (χ0n) is 9.13. The van der Waals surface area contributed by atoms with Gasteiger partial charge in [0.2, 0.25) is 11.8 Å². The van der Waals surface area contributed by atoms with E-state index in [0.29, 0.717) is 11.4 Å². The van der Waals surface area contributed by atoms with E-state index in [2.05, 4.69) is 5.32 Å². The third-order valence-electron chi connectivity index (χ3n) is 2.03. The zero-order chi connectivity index (χ0) is 12.0. The first-order valence-corrected chi connectivity index (χ1v) is 5.56. The number of benzene rings is 1. The highest BCUT2D eigenvalue weighted by atomic mass is 35.5. The second-order valence-electron chi connectivity index (χ2n) is 3.52. The third-order valence-corrected chi connectivity index (χ3v) is 2.29. The van der Waals surface area contributed by atoms with Crippen LogP contribution in [-0.4, -0.2) is 11.8 Å². The Morgan fingerprint density at radius 1 is 1.19 bits per heavy atom. The molecule has 1 N–H and O–H groups in total. The molecule has 16 heavy (non-hydrogen) atoms. The monoisotopic (exact) mass is 239 g/mol. The number of imide groups is 1. The maximum absolute atomic E-state index is 11.4. The summed E-state index contributed by atoms with van der Waals surface area (Å²) >= 11 is 5.72. The molecule has 4 heteroatoms. The number of rotatable bonds is 4. The highest BCUT2D eigenvalue weighted by Gasteiger charge is 2.07. The zero-order valence-corrected chi connectivity index (χ0v) is 9.88. The van der Waals surface area contributed by atoms with Crippen molar-refractivity contribution in [2.45, 2.75) is 26.2 Å². The average Bonchev–Trinajstić information content (AvgIpc) is 2.21. The van der Waals surface area contributed by atoms with E-state index in [1.165, 1.54) is 0 Å². The molecule has 0 atom stereocenters. The minimum absolute atomic E-state index is 0.201. The van der Waals surface area contributed by atoms with E-state index in [1.54, 1.807) is 24.3 Å². The van der Waals surface area contributed by atoms with Crippen molar-refractivity contribution in [3.05, 3.63) is 34.9 Å². The Bertz CT molecular complexity index is 373. The molecule has 3 nitrogen and oxygen atoms in total. The van der Waals surface area contributed by atoms with Gasteiger partial charge in [0, 0.05) is 11.4 Å². The largest absolute Gasteiger partial charge is 0.296 e. The summed E-state index contributed by atoms with van der Waals surface area (Å²) in [7, 11) is 0. The molecule has 0 saturated heterocycles. The Balaban J connectivity index is 2.45. The van der Waals surface area contributed by atoms with E-state index in [4.69, 9.17) is 11.6 Å². The van der Waals surface area contributed by atoms with E-state index >= 15 is 0 Å². The van der Waals surface area contributed by atoms with Crippen LogP contribution in [0.15, 0.2) is 24.3 Å². The van der Waals surface area contributed by atoms with Gasteiger partial charge < -0.3 is 0 Å². The summed E-state index contributed by atoms with van der Waals surface area (Å²) in [5.41, 5.74) is 0.839. The topological polar surface area (TPSA) is 46.2 Å². The van der Waals surface area contributed by atoms with Gasteiger partial charge in [0.05, 0.1) is 6.42 Å². The molecule has 0 aliphatic heterocycles. The molecule has 2 amide bonds. The van der Waals surface area contributed by atoms with Gasteiger partial charge in [-0.2, -0.15) is 0 Å². The lowest BCUT2D eigenvalue weighted by molar-refractivity contribution is -0.130. The summed E-state index contributed by atoms with van der Waals surface area (Å²) in [5, 5.41) is 2.96. The second kappa shape index (κ2) is 6.28. The number of carbonyl (C=O) groups excluding carboxylic acids is 2. The van der Waals surface area contributed by atoms with Gasteiger partial charge in [-0.1, -0.05) is 30.7 Å². The molecule has 0 fully saturated rings. The van der Waals surface area contributed by atoms with Crippen LogP contribution in [-0.2, 0) is 16.0 Å². The molecule has 0 aliphatic rings. The normalized spacial score (nSPS) is 9.88. The summed E-state index contributed by atoms with van der Waals surface area (Å²) in [6, 6.07) is 6.98. The smallest absolute Gasteiger partial charge is 0.230 e. The van der Waals surface area contributed by atoms with Crippen LogP contribution in [0, 0.1) is 0 Å². The lowest BCUT2D eigenvalue weighted by Crippen LogP contribution is -2.31. The van der Waals surface area contributed by atoms with Gasteiger partial charge in [-0.25, -0.2) is 0 Å². The molecule has 1 rings (SSSR count). The van der Waals surface area contributed by atoms with Gasteiger partial charge in [0.1, 0.15) is 0 Å². The molecular weight excluding hydrogens is 226 g/mol. The first-order chi connectivity index (χ1) is 7.61. The van der Waals surface area contributed by atoms with Crippen molar-refractivity contribution >= 4 is 23.4 Å². The van der Waals surface area contributed by atoms with Gasteiger partial charge in [0.25, 0.3) is 0 Å². The van der Waals surface area contributed by atoms with Crippen molar-refractivity contribution in [3.8, 4) is 0 Å². The standard InChI is InChI=1S/C12H14ClNO2/c1-2-3-11(15)14-12(16)8-9-4-6-10(13)7-5-9/h4-7H,2-3,8H2,1H3,(H,14,15,16). The summed E-state index contributed by atoms with van der Waals surface area (Å²) in [4.78, 5) is 22.6. The Morgan fingerprint density at radius 3 is 2.38 bits per heavy atom. The molecule has 1 aromatic rings. The van der Waals surface area contributed by atoms with Crippen molar-refractivity contribution in [1.82, 2.24) is 5.32 Å². The van der Waals surface area contributed by atoms with Crippen LogP contribution in [0.5, 0.6) is 0 Å². The number of amides is 2. The number of hydrogen-bond acceptors (Lipinski definition) is 2. The summed E-state index contributed by atoms with van der Waals surface area (Å²) < 4.78 is 0. The highest BCUT2D eigenvalue weighted by Crippen LogP contribution is 2.09. The maximum Gasteiger partial charge on any atom is 0.230 e. The lowest BCUT2D eigenvalue weighted by atomic mass is 10.1. The number of nitrogens with one attached hydrogen (secondary N) is 1. The predicted molar refractivity (Wildman–Crippen MR) is 63.2 cm³/mol. The van der Waals surface area contributed by atoms with Crippen molar-refractivity contribution in [3.63, 3.8) is 0 Å². The van der Waals surface area contributed by atoms with Crippen molar-refractivity contribution in [2.24, 2.45) is 0 Å². The maximum atomic E-state index is 11.4. The molecule has 0 aliphatic carbocycles. The van der Waals surface area contributed by atoms with E-state index in [0.717, 1.165) is 12.0 Å². The third kappa shape index (κ3) is 4.45. The summed E-state index contributed by atoms with van der Waals surface area (Å²) in [6.45, 7) is 1.89. The van der Waals surface area contributed by atoms with Crippen LogP contribution < -0.4 is 5.32 Å². The number of hydrogen-bond donors (Lipinski definition) is 1. The summed E-state index contributed by atoms with van der Waals surface area (Å²) in [5.74, 6) is -0.498. The molecule has 1 aromatic carbocycles. The lowest BCUT2D eigenvalue weighted by Gasteiger charge is -2.03. The van der Waals surface area contributed by atoms with Crippen molar-refractivity contribution in [2.75, 3.05) is 0 Å². The van der Waals surface area contributed by atoms with E-state index in [9.17, 15) is 9.59 Å². The van der Waals surface area contributed by atoms with Crippen molar-refractivity contribution in [1.29, 1.82) is 0 Å². The predicted octanol–water partition coefficient (Wildman–Crippen LogP) is 2.33. The van der Waals surface area contributed by atoms with Crippen LogP contribution in [0.3, 0.4) is 0 Å². The first kappa shape index (κ1) is 12.7. The van der Waals surface area contributed by atoms with E-state index < -0.39 is 0 Å². The van der Waals surface area contributed by atoms with Gasteiger partial charge in [-0.05, 0) is 24.1 Å². The SMILES string of the molecule is CCCC(=O)NC(=O)Cc1ccc(Cl)cc1.